The van der Waals surface area contributed by atoms with Gasteiger partial charge >= 0.3 is 0 Å². The van der Waals surface area contributed by atoms with Crippen molar-refractivity contribution >= 4 is 35.1 Å². The Hall–Kier alpha value is -4.17. The number of H-pyrrole nitrogens is 1. The number of nitrogens with one attached hydrogen (secondary N) is 4. The number of fused-ring (bicyclic) bond motifs is 1. The summed E-state index contributed by atoms with van der Waals surface area (Å²) in [5.74, 6) is -0.821. The zero-order valence-corrected chi connectivity index (χ0v) is 20.7. The number of aliphatic hydroxyl groups is 1. The molecular formula is C28H30N4O4. The van der Waals surface area contributed by atoms with Gasteiger partial charge in [0, 0.05) is 34.7 Å². The van der Waals surface area contributed by atoms with Gasteiger partial charge in [0.05, 0.1) is 23.3 Å². The summed E-state index contributed by atoms with van der Waals surface area (Å²) in [5.41, 5.74) is 5.52. The SMILES string of the molecule is Cc1[nH]c(/C=C2\C(=O)Nc3ccc(C(=O)NC(C)c4ccccc4)cc32)c(C)c1C(=O)NCC(C)O. The van der Waals surface area contributed by atoms with Gasteiger partial charge in [-0.15, -0.1) is 0 Å². The molecule has 0 fully saturated rings. The van der Waals surface area contributed by atoms with Crippen LogP contribution in [-0.4, -0.2) is 40.5 Å². The first-order valence-electron chi connectivity index (χ1n) is 11.8. The van der Waals surface area contributed by atoms with Crippen LogP contribution < -0.4 is 16.0 Å². The quantitative estimate of drug-likeness (QED) is 0.327. The Morgan fingerprint density at radius 1 is 1.06 bits per heavy atom. The Labute approximate surface area is 209 Å². The Balaban J connectivity index is 1.61. The fourth-order valence-corrected chi connectivity index (χ4v) is 4.31. The van der Waals surface area contributed by atoms with E-state index in [0.29, 0.717) is 44.9 Å². The number of anilines is 1. The van der Waals surface area contributed by atoms with Crippen LogP contribution in [0.15, 0.2) is 48.5 Å². The largest absolute Gasteiger partial charge is 0.392 e. The molecule has 0 aliphatic carbocycles. The smallest absolute Gasteiger partial charge is 0.256 e. The van der Waals surface area contributed by atoms with E-state index in [1.54, 1.807) is 45.0 Å². The standard InChI is InChI=1S/C28H30N4O4/c1-15(33)14-29-28(36)25-16(2)24(30-18(25)4)13-22-21-12-20(10-11-23(21)32-27(22)35)26(34)31-17(3)19-8-6-5-7-9-19/h5-13,15,17,30,33H,14H2,1-4H3,(H,29,36)(H,31,34)(H,32,35)/b22-13-. The molecule has 2 atom stereocenters. The molecule has 5 N–H and O–H groups in total. The van der Waals surface area contributed by atoms with Crippen molar-refractivity contribution in [3.63, 3.8) is 0 Å². The average Bonchev–Trinajstić information content (AvgIpc) is 3.32. The minimum atomic E-state index is -0.657. The van der Waals surface area contributed by atoms with Gasteiger partial charge in [-0.05, 0) is 63.1 Å². The van der Waals surface area contributed by atoms with Gasteiger partial charge in [0.1, 0.15) is 0 Å². The average molecular weight is 487 g/mol. The second-order valence-corrected chi connectivity index (χ2v) is 9.10. The lowest BCUT2D eigenvalue weighted by Crippen LogP contribution is -2.31. The zero-order valence-electron chi connectivity index (χ0n) is 20.7. The van der Waals surface area contributed by atoms with Crippen molar-refractivity contribution in [3.05, 3.63) is 87.7 Å². The molecule has 36 heavy (non-hydrogen) atoms. The molecule has 4 rings (SSSR count). The van der Waals surface area contributed by atoms with Crippen LogP contribution in [-0.2, 0) is 4.79 Å². The minimum absolute atomic E-state index is 0.142. The molecule has 2 heterocycles. The molecule has 3 aromatic rings. The van der Waals surface area contributed by atoms with Gasteiger partial charge < -0.3 is 26.0 Å². The molecular weight excluding hydrogens is 456 g/mol. The summed E-state index contributed by atoms with van der Waals surface area (Å²) < 4.78 is 0. The van der Waals surface area contributed by atoms with E-state index in [1.165, 1.54) is 0 Å². The molecule has 0 saturated heterocycles. The summed E-state index contributed by atoms with van der Waals surface area (Å²) in [6, 6.07) is 14.6. The van der Waals surface area contributed by atoms with E-state index in [-0.39, 0.29) is 30.3 Å². The van der Waals surface area contributed by atoms with E-state index in [2.05, 4.69) is 20.9 Å². The molecule has 186 valence electrons. The number of aryl methyl sites for hydroxylation is 1. The van der Waals surface area contributed by atoms with E-state index in [1.807, 2.05) is 37.3 Å². The maximum absolute atomic E-state index is 13.0. The number of aromatic nitrogens is 1. The minimum Gasteiger partial charge on any atom is -0.392 e. The molecule has 8 heteroatoms. The molecule has 0 radical (unpaired) electrons. The molecule has 2 aromatic carbocycles. The van der Waals surface area contributed by atoms with Crippen LogP contribution in [0.3, 0.4) is 0 Å². The van der Waals surface area contributed by atoms with Crippen LogP contribution in [0.4, 0.5) is 5.69 Å². The van der Waals surface area contributed by atoms with Crippen molar-refractivity contribution in [2.75, 3.05) is 11.9 Å². The molecule has 0 bridgehead atoms. The first kappa shape index (κ1) is 24.9. The second-order valence-electron chi connectivity index (χ2n) is 9.10. The summed E-state index contributed by atoms with van der Waals surface area (Å²) in [4.78, 5) is 41.6. The highest BCUT2D eigenvalue weighted by Gasteiger charge is 2.27. The Bertz CT molecular complexity index is 1360. The molecule has 0 spiro atoms. The van der Waals surface area contributed by atoms with Crippen LogP contribution in [0.5, 0.6) is 0 Å². The number of carbonyl (C=O) groups is 3. The fraction of sp³-hybridized carbons (Fsp3) is 0.250. The lowest BCUT2D eigenvalue weighted by atomic mass is 10.0. The lowest BCUT2D eigenvalue weighted by molar-refractivity contribution is -0.110. The Morgan fingerprint density at radius 2 is 1.78 bits per heavy atom. The van der Waals surface area contributed by atoms with E-state index in [4.69, 9.17) is 0 Å². The highest BCUT2D eigenvalue weighted by molar-refractivity contribution is 6.35. The van der Waals surface area contributed by atoms with Crippen molar-refractivity contribution in [2.24, 2.45) is 0 Å². The van der Waals surface area contributed by atoms with Crippen molar-refractivity contribution in [1.82, 2.24) is 15.6 Å². The van der Waals surface area contributed by atoms with Gasteiger partial charge in [0.25, 0.3) is 17.7 Å². The van der Waals surface area contributed by atoms with Crippen LogP contribution in [0.1, 0.15) is 68.7 Å². The summed E-state index contributed by atoms with van der Waals surface area (Å²) in [6.45, 7) is 7.24. The number of hydrogen-bond donors (Lipinski definition) is 5. The number of aliphatic hydroxyl groups excluding tert-OH is 1. The lowest BCUT2D eigenvalue weighted by Gasteiger charge is -2.14. The van der Waals surface area contributed by atoms with Crippen molar-refractivity contribution < 1.29 is 19.5 Å². The van der Waals surface area contributed by atoms with Crippen LogP contribution in [0.25, 0.3) is 11.6 Å². The molecule has 3 amide bonds. The number of benzene rings is 2. The van der Waals surface area contributed by atoms with Crippen LogP contribution in [0.2, 0.25) is 0 Å². The first-order valence-corrected chi connectivity index (χ1v) is 11.8. The zero-order chi connectivity index (χ0) is 26.0. The van der Waals surface area contributed by atoms with Gasteiger partial charge in [0.15, 0.2) is 0 Å². The van der Waals surface area contributed by atoms with E-state index < -0.39 is 6.10 Å². The Morgan fingerprint density at radius 3 is 2.47 bits per heavy atom. The maximum Gasteiger partial charge on any atom is 0.256 e. The molecule has 8 nitrogen and oxygen atoms in total. The van der Waals surface area contributed by atoms with Gasteiger partial charge in [-0.1, -0.05) is 30.3 Å². The van der Waals surface area contributed by atoms with Gasteiger partial charge in [-0.2, -0.15) is 0 Å². The molecule has 1 aliphatic heterocycles. The first-order chi connectivity index (χ1) is 17.2. The number of rotatable bonds is 7. The van der Waals surface area contributed by atoms with Crippen molar-refractivity contribution in [3.8, 4) is 0 Å². The third-order valence-electron chi connectivity index (χ3n) is 6.26. The van der Waals surface area contributed by atoms with Crippen molar-refractivity contribution in [1.29, 1.82) is 0 Å². The number of amides is 3. The van der Waals surface area contributed by atoms with Gasteiger partial charge in [-0.25, -0.2) is 0 Å². The summed E-state index contributed by atoms with van der Waals surface area (Å²) in [5, 5.41) is 18.0. The highest BCUT2D eigenvalue weighted by Crippen LogP contribution is 2.35. The molecule has 1 aliphatic rings. The van der Waals surface area contributed by atoms with Crippen molar-refractivity contribution in [2.45, 2.75) is 39.8 Å². The fourth-order valence-electron chi connectivity index (χ4n) is 4.31. The highest BCUT2D eigenvalue weighted by atomic mass is 16.3. The predicted molar refractivity (Wildman–Crippen MR) is 140 cm³/mol. The van der Waals surface area contributed by atoms with Crippen LogP contribution >= 0.6 is 0 Å². The molecule has 2 unspecified atom stereocenters. The maximum atomic E-state index is 13.0. The normalized spacial score (nSPS) is 15.2. The molecule has 1 aromatic heterocycles. The van der Waals surface area contributed by atoms with Gasteiger partial charge in [-0.3, -0.25) is 14.4 Å². The summed E-state index contributed by atoms with van der Waals surface area (Å²) >= 11 is 0. The monoisotopic (exact) mass is 486 g/mol. The third-order valence-corrected chi connectivity index (χ3v) is 6.26. The molecule has 0 saturated carbocycles. The number of aromatic amines is 1. The Kier molecular flexibility index (Phi) is 7.07. The third kappa shape index (κ3) is 5.08. The van der Waals surface area contributed by atoms with E-state index in [9.17, 15) is 19.5 Å². The topological polar surface area (TPSA) is 123 Å². The van der Waals surface area contributed by atoms with Crippen LogP contribution in [0, 0.1) is 13.8 Å². The van der Waals surface area contributed by atoms with Gasteiger partial charge in [0.2, 0.25) is 0 Å². The number of hydrogen-bond acceptors (Lipinski definition) is 4. The summed E-state index contributed by atoms with van der Waals surface area (Å²) in [6.07, 6.45) is 1.04. The predicted octanol–water partition coefficient (Wildman–Crippen LogP) is 3.73. The van der Waals surface area contributed by atoms with E-state index in [0.717, 1.165) is 5.56 Å². The summed E-state index contributed by atoms with van der Waals surface area (Å²) in [7, 11) is 0. The second kappa shape index (κ2) is 10.2. The number of carbonyl (C=O) groups excluding carboxylic acids is 3. The van der Waals surface area contributed by atoms with E-state index >= 15 is 0 Å².